The van der Waals surface area contributed by atoms with E-state index in [0.29, 0.717) is 10.6 Å². The zero-order chi connectivity index (χ0) is 12.4. The second-order valence-electron chi connectivity index (χ2n) is 3.55. The number of nitrogens with two attached hydrogens (primary N) is 1. The van der Waals surface area contributed by atoms with Crippen LogP contribution in [0, 0.1) is 12.7 Å². The summed E-state index contributed by atoms with van der Waals surface area (Å²) in [6, 6.07) is 3.87. The molecule has 0 saturated carbocycles. The topological polar surface area (TPSA) is 50.9 Å². The second-order valence-corrected chi connectivity index (χ2v) is 5.22. The molecule has 0 bridgehead atoms. The monoisotopic (exact) mass is 271 g/mol. The Hall–Kier alpha value is -1.01. The average molecular weight is 272 g/mol. The number of thiazole rings is 1. The molecule has 3 nitrogen and oxygen atoms in total. The molecule has 90 valence electrons. The minimum Gasteiger partial charge on any atom is -0.271 e. The highest BCUT2D eigenvalue weighted by Gasteiger charge is 2.18. The van der Waals surface area contributed by atoms with Crippen LogP contribution in [0.1, 0.15) is 21.5 Å². The summed E-state index contributed by atoms with van der Waals surface area (Å²) in [5.74, 6) is 5.17. The summed E-state index contributed by atoms with van der Waals surface area (Å²) in [5.41, 5.74) is 3.24. The quantitative estimate of drug-likeness (QED) is 0.667. The van der Waals surface area contributed by atoms with Crippen molar-refractivity contribution in [2.75, 3.05) is 0 Å². The maximum atomic E-state index is 13.2. The zero-order valence-electron chi connectivity index (χ0n) is 9.08. The lowest BCUT2D eigenvalue weighted by Crippen LogP contribution is -2.28. The molecule has 0 aliphatic carbocycles. The first-order valence-corrected chi connectivity index (χ1v) is 6.14. The lowest BCUT2D eigenvalue weighted by Gasteiger charge is -2.15. The summed E-state index contributed by atoms with van der Waals surface area (Å²) in [7, 11) is 0. The predicted molar refractivity (Wildman–Crippen MR) is 67.4 cm³/mol. The van der Waals surface area contributed by atoms with Gasteiger partial charge in [0.15, 0.2) is 0 Å². The van der Waals surface area contributed by atoms with Crippen molar-refractivity contribution in [1.29, 1.82) is 0 Å². The van der Waals surface area contributed by atoms with Gasteiger partial charge in [-0.15, -0.1) is 11.3 Å². The SMILES string of the molecule is Cc1ncc(C(NN)c2cc(F)ccc2Cl)s1. The highest BCUT2D eigenvalue weighted by molar-refractivity contribution is 7.11. The fraction of sp³-hybridized carbons (Fsp3) is 0.182. The Morgan fingerprint density at radius 1 is 1.53 bits per heavy atom. The molecule has 1 aromatic heterocycles. The van der Waals surface area contributed by atoms with E-state index < -0.39 is 0 Å². The van der Waals surface area contributed by atoms with Crippen LogP contribution in [0.3, 0.4) is 0 Å². The Bertz CT molecular complexity index is 529. The van der Waals surface area contributed by atoms with E-state index >= 15 is 0 Å². The van der Waals surface area contributed by atoms with Crippen LogP contribution in [0.4, 0.5) is 4.39 Å². The van der Waals surface area contributed by atoms with Crippen LogP contribution in [-0.2, 0) is 0 Å². The molecule has 0 spiro atoms. The van der Waals surface area contributed by atoms with Crippen molar-refractivity contribution in [3.05, 3.63) is 50.7 Å². The van der Waals surface area contributed by atoms with Gasteiger partial charge in [-0.25, -0.2) is 14.8 Å². The van der Waals surface area contributed by atoms with Gasteiger partial charge in [0, 0.05) is 16.1 Å². The predicted octanol–water partition coefficient (Wildman–Crippen LogP) is 2.80. The number of aryl methyl sites for hydroxylation is 1. The molecule has 17 heavy (non-hydrogen) atoms. The van der Waals surface area contributed by atoms with E-state index in [0.717, 1.165) is 9.88 Å². The van der Waals surface area contributed by atoms with Crippen LogP contribution in [0.15, 0.2) is 24.4 Å². The van der Waals surface area contributed by atoms with Gasteiger partial charge in [0.1, 0.15) is 5.82 Å². The van der Waals surface area contributed by atoms with Crippen molar-refractivity contribution >= 4 is 22.9 Å². The Labute approximate surface area is 107 Å². The minimum absolute atomic E-state index is 0.342. The summed E-state index contributed by atoms with van der Waals surface area (Å²) in [6.45, 7) is 1.90. The highest BCUT2D eigenvalue weighted by atomic mass is 35.5. The third kappa shape index (κ3) is 2.63. The van der Waals surface area contributed by atoms with Crippen molar-refractivity contribution in [2.24, 2.45) is 5.84 Å². The van der Waals surface area contributed by atoms with E-state index in [2.05, 4.69) is 10.4 Å². The van der Waals surface area contributed by atoms with Gasteiger partial charge in [-0.2, -0.15) is 0 Å². The number of hydrogen-bond acceptors (Lipinski definition) is 4. The van der Waals surface area contributed by atoms with Gasteiger partial charge in [-0.05, 0) is 30.7 Å². The summed E-state index contributed by atoms with van der Waals surface area (Å²) in [5, 5.41) is 1.40. The standard InChI is InChI=1S/C11H11ClFN3S/c1-6-15-5-10(17-6)11(16-14)8-4-7(13)2-3-9(8)12/h2-5,11,16H,14H2,1H3. The summed E-state index contributed by atoms with van der Waals surface area (Å²) < 4.78 is 13.2. The van der Waals surface area contributed by atoms with E-state index in [-0.39, 0.29) is 11.9 Å². The van der Waals surface area contributed by atoms with Crippen molar-refractivity contribution in [2.45, 2.75) is 13.0 Å². The van der Waals surface area contributed by atoms with Crippen molar-refractivity contribution in [3.63, 3.8) is 0 Å². The molecule has 1 atom stereocenters. The van der Waals surface area contributed by atoms with E-state index in [1.165, 1.54) is 29.5 Å². The maximum absolute atomic E-state index is 13.2. The van der Waals surface area contributed by atoms with Crippen LogP contribution >= 0.6 is 22.9 Å². The normalized spacial score (nSPS) is 12.7. The third-order valence-electron chi connectivity index (χ3n) is 2.36. The molecule has 0 aliphatic heterocycles. The molecule has 1 aromatic carbocycles. The molecule has 6 heteroatoms. The van der Waals surface area contributed by atoms with Crippen LogP contribution in [0.2, 0.25) is 5.02 Å². The van der Waals surface area contributed by atoms with Crippen molar-refractivity contribution in [1.82, 2.24) is 10.4 Å². The van der Waals surface area contributed by atoms with E-state index in [1.807, 2.05) is 6.92 Å². The van der Waals surface area contributed by atoms with Gasteiger partial charge in [0.25, 0.3) is 0 Å². The molecule has 0 radical (unpaired) electrons. The smallest absolute Gasteiger partial charge is 0.123 e. The van der Waals surface area contributed by atoms with Gasteiger partial charge < -0.3 is 0 Å². The fourth-order valence-electron chi connectivity index (χ4n) is 1.57. The maximum Gasteiger partial charge on any atom is 0.123 e. The molecule has 0 amide bonds. The number of rotatable bonds is 3. The first-order valence-electron chi connectivity index (χ1n) is 4.95. The van der Waals surface area contributed by atoms with Gasteiger partial charge in [-0.1, -0.05) is 11.6 Å². The first kappa shape index (κ1) is 12.4. The van der Waals surface area contributed by atoms with E-state index in [9.17, 15) is 4.39 Å². The average Bonchev–Trinajstić information content (AvgIpc) is 2.71. The highest BCUT2D eigenvalue weighted by Crippen LogP contribution is 2.31. The number of hydrazine groups is 1. The molecule has 2 rings (SSSR count). The van der Waals surface area contributed by atoms with Gasteiger partial charge in [0.05, 0.1) is 11.0 Å². The molecule has 2 aromatic rings. The number of nitrogens with zero attached hydrogens (tertiary/aromatic N) is 1. The number of nitrogens with one attached hydrogen (secondary N) is 1. The Morgan fingerprint density at radius 2 is 2.29 bits per heavy atom. The third-order valence-corrected chi connectivity index (χ3v) is 3.68. The lowest BCUT2D eigenvalue weighted by atomic mass is 10.1. The Balaban J connectivity index is 2.45. The van der Waals surface area contributed by atoms with E-state index in [4.69, 9.17) is 17.4 Å². The Kier molecular flexibility index (Phi) is 3.73. The van der Waals surface area contributed by atoms with Gasteiger partial charge in [-0.3, -0.25) is 5.84 Å². The summed E-state index contributed by atoms with van der Waals surface area (Å²) in [4.78, 5) is 5.05. The van der Waals surface area contributed by atoms with Crippen LogP contribution in [-0.4, -0.2) is 4.98 Å². The molecule has 0 aliphatic rings. The fourth-order valence-corrected chi connectivity index (χ4v) is 2.66. The second kappa shape index (κ2) is 5.10. The van der Waals surface area contributed by atoms with Gasteiger partial charge in [0.2, 0.25) is 0 Å². The minimum atomic E-state index is -0.343. The lowest BCUT2D eigenvalue weighted by molar-refractivity contribution is 0.608. The van der Waals surface area contributed by atoms with E-state index in [1.54, 1.807) is 6.20 Å². The zero-order valence-corrected chi connectivity index (χ0v) is 10.6. The molecule has 1 heterocycles. The number of benzene rings is 1. The van der Waals surface area contributed by atoms with Gasteiger partial charge >= 0.3 is 0 Å². The number of halogens is 2. The molecule has 0 saturated heterocycles. The van der Waals surface area contributed by atoms with Crippen molar-refractivity contribution in [3.8, 4) is 0 Å². The molecule has 0 fully saturated rings. The molecule has 1 unspecified atom stereocenters. The summed E-state index contributed by atoms with van der Waals surface area (Å²) >= 11 is 7.54. The van der Waals surface area contributed by atoms with Crippen molar-refractivity contribution < 1.29 is 4.39 Å². The summed E-state index contributed by atoms with van der Waals surface area (Å²) in [6.07, 6.45) is 1.71. The Morgan fingerprint density at radius 3 is 2.88 bits per heavy atom. The van der Waals surface area contributed by atoms with Crippen LogP contribution in [0.5, 0.6) is 0 Å². The van der Waals surface area contributed by atoms with Crippen LogP contribution < -0.4 is 11.3 Å². The van der Waals surface area contributed by atoms with Crippen LogP contribution in [0.25, 0.3) is 0 Å². The first-order chi connectivity index (χ1) is 8.11. The number of aromatic nitrogens is 1. The molecular formula is C11H11ClFN3S. The number of hydrogen-bond donors (Lipinski definition) is 2. The molecular weight excluding hydrogens is 261 g/mol. The largest absolute Gasteiger partial charge is 0.271 e. The molecule has 3 N–H and O–H groups in total.